The summed E-state index contributed by atoms with van der Waals surface area (Å²) in [6.45, 7) is 6.69. The topological polar surface area (TPSA) is 78.9 Å². The van der Waals surface area contributed by atoms with Crippen molar-refractivity contribution in [1.29, 1.82) is 0 Å². The fourth-order valence-electron chi connectivity index (χ4n) is 10.7. The molecule has 1 atom stereocenters. The van der Waals surface area contributed by atoms with Crippen molar-refractivity contribution in [2.75, 3.05) is 13.2 Å². The lowest BCUT2D eigenvalue weighted by atomic mass is 10.0. The van der Waals surface area contributed by atoms with Crippen LogP contribution in [0.4, 0.5) is 0 Å². The standard InChI is InChI=1S/C74H136O6/c1-4-7-10-13-16-19-22-25-28-31-33-35-36-37-38-40-41-43-46-49-52-55-58-61-64-67-73(76)79-70-71(69-78-72(75)66-63-60-57-54-51-48-45-30-27-24-21-18-15-12-9-6-3)80-74(77)68-65-62-59-56-53-50-47-44-42-39-34-32-29-26-23-20-17-14-11-8-5-2/h23,26,31-34,42,44,71H,4-22,24-25,27-30,35-41,43,45-70H2,1-3H3/b26-23-,33-31-,34-32-,44-42-. The van der Waals surface area contributed by atoms with Crippen molar-refractivity contribution in [3.8, 4) is 0 Å². The maximum Gasteiger partial charge on any atom is 0.306 e. The summed E-state index contributed by atoms with van der Waals surface area (Å²) in [5.41, 5.74) is 0. The molecule has 1 unspecified atom stereocenters. The predicted octanol–water partition coefficient (Wildman–Crippen LogP) is 24.5. The van der Waals surface area contributed by atoms with E-state index in [-0.39, 0.29) is 31.1 Å². The first kappa shape index (κ1) is 77.4. The molecule has 0 bridgehead atoms. The molecule has 0 aliphatic heterocycles. The molecule has 0 saturated carbocycles. The molecule has 80 heavy (non-hydrogen) atoms. The van der Waals surface area contributed by atoms with E-state index >= 15 is 0 Å². The zero-order valence-corrected chi connectivity index (χ0v) is 53.9. The highest BCUT2D eigenvalue weighted by atomic mass is 16.6. The van der Waals surface area contributed by atoms with Gasteiger partial charge >= 0.3 is 17.9 Å². The van der Waals surface area contributed by atoms with Crippen molar-refractivity contribution >= 4 is 17.9 Å². The minimum atomic E-state index is -0.780. The van der Waals surface area contributed by atoms with Crippen molar-refractivity contribution < 1.29 is 28.6 Å². The average molecular weight is 1120 g/mol. The Bertz CT molecular complexity index is 1380. The number of allylic oxidation sites excluding steroid dienone is 8. The summed E-state index contributed by atoms with van der Waals surface area (Å²) >= 11 is 0. The highest BCUT2D eigenvalue weighted by Gasteiger charge is 2.19. The van der Waals surface area contributed by atoms with E-state index in [2.05, 4.69) is 69.4 Å². The lowest BCUT2D eigenvalue weighted by Crippen LogP contribution is -2.30. The third-order valence-electron chi connectivity index (χ3n) is 16.1. The van der Waals surface area contributed by atoms with Crippen molar-refractivity contribution in [3.63, 3.8) is 0 Å². The second-order valence-electron chi connectivity index (χ2n) is 24.1. The fourth-order valence-corrected chi connectivity index (χ4v) is 10.7. The molecule has 0 aromatic carbocycles. The largest absolute Gasteiger partial charge is 0.462 e. The molecule has 6 heteroatoms. The van der Waals surface area contributed by atoms with Gasteiger partial charge < -0.3 is 14.2 Å². The Hall–Kier alpha value is -2.63. The maximum absolute atomic E-state index is 13.0. The van der Waals surface area contributed by atoms with E-state index in [9.17, 15) is 14.4 Å². The average Bonchev–Trinajstić information content (AvgIpc) is 3.46. The molecule has 0 aliphatic rings. The monoisotopic (exact) mass is 1120 g/mol. The summed E-state index contributed by atoms with van der Waals surface area (Å²) < 4.78 is 17.0. The number of unbranched alkanes of at least 4 members (excludes halogenated alkanes) is 47. The molecule has 0 fully saturated rings. The van der Waals surface area contributed by atoms with Gasteiger partial charge in [0, 0.05) is 19.3 Å². The zero-order valence-electron chi connectivity index (χ0n) is 53.9. The Balaban J connectivity index is 4.31. The summed E-state index contributed by atoms with van der Waals surface area (Å²) in [5.74, 6) is -0.859. The van der Waals surface area contributed by atoms with Gasteiger partial charge in [-0.3, -0.25) is 14.4 Å². The van der Waals surface area contributed by atoms with Gasteiger partial charge in [-0.1, -0.05) is 333 Å². The SMILES string of the molecule is CCCCCCC/C=C\C/C=C\C/C=C\CCCCCCCCC(=O)OC(COC(=O)CCCCCCCCCCCCCCC/C=C\CCCCCCCCCC)COC(=O)CCCCCCCCCCCCCCCCCC. The normalized spacial score (nSPS) is 12.3. The molecule has 0 aliphatic carbocycles. The summed E-state index contributed by atoms with van der Waals surface area (Å²) in [7, 11) is 0. The quantitative estimate of drug-likeness (QED) is 0.0261. The van der Waals surface area contributed by atoms with Gasteiger partial charge in [-0.05, 0) is 83.5 Å². The van der Waals surface area contributed by atoms with Crippen LogP contribution in [0, 0.1) is 0 Å². The smallest absolute Gasteiger partial charge is 0.306 e. The number of carbonyl (C=O) groups is 3. The number of carbonyl (C=O) groups excluding carboxylic acids is 3. The van der Waals surface area contributed by atoms with E-state index in [1.165, 1.54) is 270 Å². The van der Waals surface area contributed by atoms with Crippen LogP contribution < -0.4 is 0 Å². The molecular weight excluding hydrogens is 985 g/mol. The number of hydrogen-bond donors (Lipinski definition) is 0. The van der Waals surface area contributed by atoms with Crippen molar-refractivity contribution in [1.82, 2.24) is 0 Å². The third kappa shape index (κ3) is 66.2. The lowest BCUT2D eigenvalue weighted by Gasteiger charge is -2.18. The van der Waals surface area contributed by atoms with E-state index in [1.54, 1.807) is 0 Å². The first-order valence-corrected chi connectivity index (χ1v) is 35.6. The van der Waals surface area contributed by atoms with Crippen LogP contribution in [0.5, 0.6) is 0 Å². The summed E-state index contributed by atoms with van der Waals surface area (Å²) in [6, 6.07) is 0. The predicted molar refractivity (Wildman–Crippen MR) is 349 cm³/mol. The van der Waals surface area contributed by atoms with Crippen LogP contribution >= 0.6 is 0 Å². The van der Waals surface area contributed by atoms with E-state index in [4.69, 9.17) is 14.2 Å². The van der Waals surface area contributed by atoms with Crippen LogP contribution in [0.3, 0.4) is 0 Å². The number of rotatable bonds is 66. The van der Waals surface area contributed by atoms with Crippen LogP contribution in [0.25, 0.3) is 0 Å². The minimum absolute atomic E-state index is 0.0740. The molecule has 0 N–H and O–H groups in total. The zero-order chi connectivity index (χ0) is 57.8. The van der Waals surface area contributed by atoms with Crippen molar-refractivity contribution in [2.24, 2.45) is 0 Å². The highest BCUT2D eigenvalue weighted by molar-refractivity contribution is 5.71. The lowest BCUT2D eigenvalue weighted by molar-refractivity contribution is -0.167. The maximum atomic E-state index is 13.0. The minimum Gasteiger partial charge on any atom is -0.462 e. The van der Waals surface area contributed by atoms with Crippen molar-refractivity contribution in [3.05, 3.63) is 48.6 Å². The Morgan fingerprint density at radius 1 is 0.250 bits per heavy atom. The molecule has 0 saturated heterocycles. The molecule has 0 rings (SSSR count). The Morgan fingerprint density at radius 2 is 0.450 bits per heavy atom. The van der Waals surface area contributed by atoms with Crippen LogP contribution in [0.1, 0.15) is 387 Å². The fraction of sp³-hybridized carbons (Fsp3) is 0.851. The van der Waals surface area contributed by atoms with Crippen LogP contribution in [0.15, 0.2) is 48.6 Å². The van der Waals surface area contributed by atoms with Gasteiger partial charge in [0.2, 0.25) is 0 Å². The molecule has 468 valence electrons. The Kier molecular flexibility index (Phi) is 66.6. The molecule has 0 aromatic rings. The second-order valence-corrected chi connectivity index (χ2v) is 24.1. The molecule has 0 radical (unpaired) electrons. The summed E-state index contributed by atoms with van der Waals surface area (Å²) in [4.78, 5) is 38.5. The van der Waals surface area contributed by atoms with Gasteiger partial charge in [0.1, 0.15) is 13.2 Å². The number of ether oxygens (including phenoxy) is 3. The summed E-state index contributed by atoms with van der Waals surface area (Å²) in [6.07, 6.45) is 87.0. The molecule has 0 heterocycles. The van der Waals surface area contributed by atoms with E-state index < -0.39 is 6.10 Å². The van der Waals surface area contributed by atoms with E-state index in [0.29, 0.717) is 19.3 Å². The van der Waals surface area contributed by atoms with Gasteiger partial charge in [-0.2, -0.15) is 0 Å². The molecule has 0 spiro atoms. The number of esters is 3. The first-order chi connectivity index (χ1) is 39.5. The van der Waals surface area contributed by atoms with Crippen molar-refractivity contribution in [2.45, 2.75) is 393 Å². The first-order valence-electron chi connectivity index (χ1n) is 35.6. The van der Waals surface area contributed by atoms with E-state index in [1.807, 2.05) is 0 Å². The van der Waals surface area contributed by atoms with Gasteiger partial charge in [0.05, 0.1) is 0 Å². The Morgan fingerprint density at radius 3 is 0.713 bits per heavy atom. The van der Waals surface area contributed by atoms with Gasteiger partial charge in [-0.15, -0.1) is 0 Å². The van der Waals surface area contributed by atoms with Gasteiger partial charge in [-0.25, -0.2) is 0 Å². The highest BCUT2D eigenvalue weighted by Crippen LogP contribution is 2.18. The molecule has 0 amide bonds. The molecule has 6 nitrogen and oxygen atoms in total. The van der Waals surface area contributed by atoms with Crippen LogP contribution in [-0.4, -0.2) is 37.2 Å². The second kappa shape index (κ2) is 68.9. The van der Waals surface area contributed by atoms with Gasteiger partial charge in [0.25, 0.3) is 0 Å². The summed E-state index contributed by atoms with van der Waals surface area (Å²) in [5, 5.41) is 0. The molecule has 0 aromatic heterocycles. The van der Waals surface area contributed by atoms with Gasteiger partial charge in [0.15, 0.2) is 6.10 Å². The third-order valence-corrected chi connectivity index (χ3v) is 16.1. The van der Waals surface area contributed by atoms with Crippen LogP contribution in [0.2, 0.25) is 0 Å². The number of hydrogen-bond acceptors (Lipinski definition) is 6. The Labute approximate surface area is 498 Å². The molecular formula is C74H136O6. The van der Waals surface area contributed by atoms with Crippen LogP contribution in [-0.2, 0) is 28.6 Å². The van der Waals surface area contributed by atoms with E-state index in [0.717, 1.165) is 77.0 Å².